The number of nitrogen functional groups attached to an aromatic ring is 1. The summed E-state index contributed by atoms with van der Waals surface area (Å²) in [6, 6.07) is 1.59. The van der Waals surface area contributed by atoms with Crippen LogP contribution in [0.25, 0.3) is 0 Å². The molecule has 2 aliphatic heterocycles. The number of ether oxygens (including phenoxy) is 2. The van der Waals surface area contributed by atoms with E-state index in [0.717, 1.165) is 19.4 Å². The van der Waals surface area contributed by atoms with E-state index in [1.54, 1.807) is 6.07 Å². The number of hydrogen-bond donors (Lipinski definition) is 4. The van der Waals surface area contributed by atoms with Crippen molar-refractivity contribution in [2.45, 2.75) is 18.9 Å². The summed E-state index contributed by atoms with van der Waals surface area (Å²) in [5, 5.41) is 16.0. The van der Waals surface area contributed by atoms with Gasteiger partial charge < -0.3 is 30.9 Å². The average molecular weight is 400 g/mol. The van der Waals surface area contributed by atoms with E-state index in [2.05, 4.69) is 26.6 Å². The van der Waals surface area contributed by atoms with Crippen molar-refractivity contribution in [2.75, 3.05) is 38.6 Å². The quantitative estimate of drug-likeness (QED) is 0.562. The molecule has 0 bridgehead atoms. The number of benzene rings is 1. The molecule has 0 aliphatic carbocycles. The monoisotopic (exact) mass is 399 g/mol. The van der Waals surface area contributed by atoms with Crippen LogP contribution in [-0.2, 0) is 0 Å². The van der Waals surface area contributed by atoms with Crippen molar-refractivity contribution in [3.63, 3.8) is 0 Å². The molecule has 8 heteroatoms. The van der Waals surface area contributed by atoms with Gasteiger partial charge in [0.2, 0.25) is 0 Å². The number of amides is 1. The van der Waals surface area contributed by atoms with Crippen molar-refractivity contribution in [1.29, 1.82) is 0 Å². The fraction of sp³-hybridized carbons (Fsp3) is 0.562. The molecule has 0 aromatic heterocycles. The van der Waals surface area contributed by atoms with Gasteiger partial charge in [-0.25, -0.2) is 0 Å². The fourth-order valence-electron chi connectivity index (χ4n) is 2.94. The number of halogens is 1. The molecule has 3 rings (SSSR count). The highest BCUT2D eigenvalue weighted by atomic mass is 79.9. The van der Waals surface area contributed by atoms with Gasteiger partial charge >= 0.3 is 0 Å². The van der Waals surface area contributed by atoms with Crippen LogP contribution >= 0.6 is 15.9 Å². The van der Waals surface area contributed by atoms with Crippen LogP contribution in [-0.4, -0.2) is 50.0 Å². The molecule has 0 saturated carbocycles. The summed E-state index contributed by atoms with van der Waals surface area (Å²) >= 11 is 3.39. The molecule has 0 radical (unpaired) electrons. The Hall–Kier alpha value is -1.51. The lowest BCUT2D eigenvalue weighted by Crippen LogP contribution is -2.45. The second kappa shape index (κ2) is 7.58. The third kappa shape index (κ3) is 3.60. The molecule has 1 unspecified atom stereocenters. The number of nitrogens with two attached hydrogens (primary N) is 1. The molecule has 5 N–H and O–H groups in total. The Balaban J connectivity index is 1.78. The number of hydrogen-bond acceptors (Lipinski definition) is 6. The smallest absolute Gasteiger partial charge is 0.255 e. The van der Waals surface area contributed by atoms with Crippen molar-refractivity contribution in [1.82, 2.24) is 10.6 Å². The van der Waals surface area contributed by atoms with Crippen molar-refractivity contribution in [2.24, 2.45) is 5.92 Å². The summed E-state index contributed by atoms with van der Waals surface area (Å²) in [5.74, 6) is 0.650. The van der Waals surface area contributed by atoms with Crippen LogP contribution in [0.3, 0.4) is 0 Å². The summed E-state index contributed by atoms with van der Waals surface area (Å²) in [4.78, 5) is 12.6. The largest absolute Gasteiger partial charge is 0.489 e. The summed E-state index contributed by atoms with van der Waals surface area (Å²) in [7, 11) is 0. The first-order valence-corrected chi connectivity index (χ1v) is 8.91. The number of carbonyl (C=O) groups is 1. The number of aliphatic hydroxyl groups is 1. The minimum atomic E-state index is -0.453. The molecule has 1 amide bonds. The normalized spacial score (nSPS) is 23.4. The van der Waals surface area contributed by atoms with E-state index in [1.165, 1.54) is 0 Å². The number of aliphatic hydroxyl groups excluding tert-OH is 1. The highest BCUT2D eigenvalue weighted by molar-refractivity contribution is 9.10. The second-order valence-corrected chi connectivity index (χ2v) is 6.86. The third-order valence-corrected chi connectivity index (χ3v) is 5.16. The van der Waals surface area contributed by atoms with Crippen LogP contribution in [0, 0.1) is 5.92 Å². The number of carbonyl (C=O) groups excluding carboxylic acids is 1. The van der Waals surface area contributed by atoms with Gasteiger partial charge in [-0.05, 0) is 35.0 Å². The number of β-amino-alcohol motifs (C(OH)–C–C–N with tert-alkyl or cyclic N) is 1. The molecular formula is C16H22BrN3O4. The molecule has 1 fully saturated rings. The minimum Gasteiger partial charge on any atom is -0.489 e. The van der Waals surface area contributed by atoms with Crippen molar-refractivity contribution in [3.8, 4) is 11.5 Å². The van der Waals surface area contributed by atoms with Crippen LogP contribution < -0.4 is 25.8 Å². The number of piperidine rings is 1. The van der Waals surface area contributed by atoms with E-state index in [-0.39, 0.29) is 11.8 Å². The molecular weight excluding hydrogens is 378 g/mol. The van der Waals surface area contributed by atoms with Crippen LogP contribution in [0.4, 0.5) is 5.69 Å². The SMILES string of the molecule is Nc1cc(C(=O)NC[C@@H]2CCNCC2O)c2c(c1Br)OCCCO2. The molecule has 1 aromatic rings. The van der Waals surface area contributed by atoms with Crippen molar-refractivity contribution in [3.05, 3.63) is 16.1 Å². The molecule has 1 aromatic carbocycles. The maximum atomic E-state index is 12.6. The van der Waals surface area contributed by atoms with Gasteiger partial charge in [0.25, 0.3) is 5.91 Å². The van der Waals surface area contributed by atoms with Crippen LogP contribution in [0.5, 0.6) is 11.5 Å². The first-order chi connectivity index (χ1) is 11.6. The second-order valence-electron chi connectivity index (χ2n) is 6.07. The van der Waals surface area contributed by atoms with E-state index in [0.29, 0.717) is 53.5 Å². The third-order valence-electron chi connectivity index (χ3n) is 4.34. The Morgan fingerprint density at radius 3 is 2.92 bits per heavy atom. The molecule has 1 saturated heterocycles. The van der Waals surface area contributed by atoms with Gasteiger partial charge in [-0.2, -0.15) is 0 Å². The summed E-state index contributed by atoms with van der Waals surface area (Å²) in [6.07, 6.45) is 1.11. The van der Waals surface area contributed by atoms with Crippen LogP contribution in [0.15, 0.2) is 10.5 Å². The van der Waals surface area contributed by atoms with E-state index < -0.39 is 6.10 Å². The zero-order valence-electron chi connectivity index (χ0n) is 13.3. The maximum absolute atomic E-state index is 12.6. The van der Waals surface area contributed by atoms with Gasteiger partial charge in [-0.1, -0.05) is 0 Å². The van der Waals surface area contributed by atoms with E-state index in [1.807, 2.05) is 0 Å². The van der Waals surface area contributed by atoms with Gasteiger partial charge in [0.1, 0.15) is 0 Å². The van der Waals surface area contributed by atoms with Gasteiger partial charge in [0.05, 0.1) is 35.0 Å². The standard InChI is InChI=1S/C16H22BrN3O4/c17-13-11(18)6-10(14-15(13)24-5-1-4-23-14)16(22)20-7-9-2-3-19-8-12(9)21/h6,9,12,19,21H,1-5,7-8,18H2,(H,20,22)/t9-,12?/m0/s1. The van der Waals surface area contributed by atoms with E-state index in [4.69, 9.17) is 15.2 Å². The molecule has 2 aliphatic rings. The lowest BCUT2D eigenvalue weighted by molar-refractivity contribution is 0.0752. The number of fused-ring (bicyclic) bond motifs is 1. The molecule has 132 valence electrons. The fourth-order valence-corrected chi connectivity index (χ4v) is 3.35. The summed E-state index contributed by atoms with van der Waals surface area (Å²) in [5.41, 5.74) is 6.76. The zero-order valence-corrected chi connectivity index (χ0v) is 14.9. The highest BCUT2D eigenvalue weighted by Crippen LogP contribution is 2.43. The number of rotatable bonds is 3. The maximum Gasteiger partial charge on any atom is 0.255 e. The predicted molar refractivity (Wildman–Crippen MR) is 93.5 cm³/mol. The Bertz CT molecular complexity index is 626. The topological polar surface area (TPSA) is 106 Å². The first kappa shape index (κ1) is 17.3. The number of nitrogens with one attached hydrogen (secondary N) is 2. The summed E-state index contributed by atoms with van der Waals surface area (Å²) in [6.45, 7) is 2.80. The minimum absolute atomic E-state index is 0.0405. The average Bonchev–Trinajstić information content (AvgIpc) is 2.83. The Morgan fingerprint density at radius 2 is 2.17 bits per heavy atom. The molecule has 2 heterocycles. The molecule has 0 spiro atoms. The molecule has 7 nitrogen and oxygen atoms in total. The lowest BCUT2D eigenvalue weighted by Gasteiger charge is -2.28. The van der Waals surface area contributed by atoms with Gasteiger partial charge in [-0.15, -0.1) is 0 Å². The Morgan fingerprint density at radius 1 is 1.42 bits per heavy atom. The van der Waals surface area contributed by atoms with E-state index in [9.17, 15) is 9.90 Å². The van der Waals surface area contributed by atoms with Gasteiger partial charge in [0, 0.05) is 25.4 Å². The van der Waals surface area contributed by atoms with Crippen molar-refractivity contribution >= 4 is 27.5 Å². The molecule has 2 atom stereocenters. The van der Waals surface area contributed by atoms with Crippen LogP contribution in [0.1, 0.15) is 23.2 Å². The Labute approximate surface area is 149 Å². The Kier molecular flexibility index (Phi) is 5.47. The predicted octanol–water partition coefficient (Wildman–Crippen LogP) is 0.893. The first-order valence-electron chi connectivity index (χ1n) is 8.12. The van der Waals surface area contributed by atoms with E-state index >= 15 is 0 Å². The highest BCUT2D eigenvalue weighted by Gasteiger charge is 2.27. The van der Waals surface area contributed by atoms with Crippen LogP contribution in [0.2, 0.25) is 0 Å². The lowest BCUT2D eigenvalue weighted by atomic mass is 9.95. The van der Waals surface area contributed by atoms with Gasteiger partial charge in [0.15, 0.2) is 11.5 Å². The molecule has 24 heavy (non-hydrogen) atoms. The van der Waals surface area contributed by atoms with Crippen molar-refractivity contribution < 1.29 is 19.4 Å². The summed E-state index contributed by atoms with van der Waals surface area (Å²) < 4.78 is 12.0. The van der Waals surface area contributed by atoms with Gasteiger partial charge in [-0.3, -0.25) is 4.79 Å². The zero-order chi connectivity index (χ0) is 17.1. The number of anilines is 1.